The average molecular weight is 236 g/mol. The first-order valence-electron chi connectivity index (χ1n) is 5.53. The number of sulfonamides is 1. The quantitative estimate of drug-likeness (QED) is 0.718. The molecule has 0 aliphatic heterocycles. The van der Waals surface area contributed by atoms with E-state index in [1.165, 1.54) is 0 Å². The van der Waals surface area contributed by atoms with Crippen molar-refractivity contribution in [2.24, 2.45) is 0 Å². The molecular weight excluding hydrogens is 212 g/mol. The summed E-state index contributed by atoms with van der Waals surface area (Å²) < 4.78 is 25.0. The van der Waals surface area contributed by atoms with Crippen LogP contribution in [0.4, 0.5) is 0 Å². The van der Waals surface area contributed by atoms with Crippen molar-refractivity contribution in [3.05, 3.63) is 0 Å². The van der Waals surface area contributed by atoms with Gasteiger partial charge in [0.15, 0.2) is 0 Å². The lowest BCUT2D eigenvalue weighted by Gasteiger charge is -2.30. The predicted octanol–water partition coefficient (Wildman–Crippen LogP) is 1.04. The van der Waals surface area contributed by atoms with Crippen molar-refractivity contribution < 1.29 is 8.42 Å². The van der Waals surface area contributed by atoms with E-state index in [-0.39, 0.29) is 5.75 Å². The molecule has 0 aliphatic rings. The molecule has 15 heavy (non-hydrogen) atoms. The molecule has 0 saturated carbocycles. The van der Waals surface area contributed by atoms with Gasteiger partial charge in [0.2, 0.25) is 10.0 Å². The highest BCUT2D eigenvalue weighted by atomic mass is 32.2. The summed E-state index contributed by atoms with van der Waals surface area (Å²) in [6.45, 7) is 11.4. The summed E-state index contributed by atoms with van der Waals surface area (Å²) >= 11 is 0. The van der Waals surface area contributed by atoms with Crippen LogP contribution in [0.2, 0.25) is 0 Å². The van der Waals surface area contributed by atoms with Crippen LogP contribution < -0.4 is 4.72 Å². The van der Waals surface area contributed by atoms with Gasteiger partial charge in [-0.2, -0.15) is 0 Å². The SMILES string of the molecule is CCS(=O)(=O)NCCN(C(C)C)C(C)C. The Balaban J connectivity index is 4.03. The lowest BCUT2D eigenvalue weighted by atomic mass is 10.2. The van der Waals surface area contributed by atoms with Gasteiger partial charge in [0.1, 0.15) is 0 Å². The highest BCUT2D eigenvalue weighted by Crippen LogP contribution is 2.03. The van der Waals surface area contributed by atoms with Gasteiger partial charge in [-0.25, -0.2) is 13.1 Å². The van der Waals surface area contributed by atoms with Crippen LogP contribution in [-0.2, 0) is 10.0 Å². The molecule has 92 valence electrons. The highest BCUT2D eigenvalue weighted by molar-refractivity contribution is 7.89. The van der Waals surface area contributed by atoms with Crippen LogP contribution in [0, 0.1) is 0 Å². The molecule has 0 aromatic heterocycles. The number of hydrogen-bond donors (Lipinski definition) is 1. The van der Waals surface area contributed by atoms with E-state index < -0.39 is 10.0 Å². The monoisotopic (exact) mass is 236 g/mol. The van der Waals surface area contributed by atoms with E-state index >= 15 is 0 Å². The first kappa shape index (κ1) is 14.9. The lowest BCUT2D eigenvalue weighted by Crippen LogP contribution is -2.42. The second-order valence-electron chi connectivity index (χ2n) is 4.22. The van der Waals surface area contributed by atoms with Gasteiger partial charge in [-0.05, 0) is 34.6 Å². The van der Waals surface area contributed by atoms with Crippen LogP contribution in [0.1, 0.15) is 34.6 Å². The fourth-order valence-corrected chi connectivity index (χ4v) is 2.15. The molecule has 0 radical (unpaired) electrons. The third-order valence-electron chi connectivity index (χ3n) is 2.40. The number of nitrogens with one attached hydrogen (secondary N) is 1. The van der Waals surface area contributed by atoms with E-state index in [4.69, 9.17) is 0 Å². The van der Waals surface area contributed by atoms with Gasteiger partial charge >= 0.3 is 0 Å². The molecule has 0 saturated heterocycles. The van der Waals surface area contributed by atoms with E-state index in [2.05, 4.69) is 37.3 Å². The largest absolute Gasteiger partial charge is 0.297 e. The van der Waals surface area contributed by atoms with E-state index in [1.54, 1.807) is 6.92 Å². The molecule has 0 amide bonds. The smallest absolute Gasteiger partial charge is 0.211 e. The Morgan fingerprint density at radius 3 is 1.93 bits per heavy atom. The Morgan fingerprint density at radius 1 is 1.13 bits per heavy atom. The molecule has 0 fully saturated rings. The van der Waals surface area contributed by atoms with Crippen LogP contribution in [0.3, 0.4) is 0 Å². The van der Waals surface area contributed by atoms with Gasteiger partial charge < -0.3 is 0 Å². The Morgan fingerprint density at radius 2 is 1.60 bits per heavy atom. The fourth-order valence-electron chi connectivity index (χ4n) is 1.54. The summed E-state index contributed by atoms with van der Waals surface area (Å²) in [6.07, 6.45) is 0. The van der Waals surface area contributed by atoms with Crippen LogP contribution in [0.25, 0.3) is 0 Å². The molecule has 0 heterocycles. The predicted molar refractivity (Wildman–Crippen MR) is 64.4 cm³/mol. The van der Waals surface area contributed by atoms with E-state index in [0.29, 0.717) is 18.6 Å². The van der Waals surface area contributed by atoms with Crippen LogP contribution >= 0.6 is 0 Å². The molecule has 1 N–H and O–H groups in total. The van der Waals surface area contributed by atoms with Gasteiger partial charge in [0.25, 0.3) is 0 Å². The minimum Gasteiger partial charge on any atom is -0.297 e. The molecule has 0 spiro atoms. The summed E-state index contributed by atoms with van der Waals surface area (Å²) in [5.41, 5.74) is 0. The molecule has 0 unspecified atom stereocenters. The minimum atomic E-state index is -3.04. The summed E-state index contributed by atoms with van der Waals surface area (Å²) in [7, 11) is -3.04. The molecule has 0 atom stereocenters. The molecular formula is C10H24N2O2S. The topological polar surface area (TPSA) is 49.4 Å². The van der Waals surface area contributed by atoms with Gasteiger partial charge in [-0.15, -0.1) is 0 Å². The van der Waals surface area contributed by atoms with Gasteiger partial charge in [0.05, 0.1) is 5.75 Å². The third-order valence-corrected chi connectivity index (χ3v) is 3.80. The number of nitrogens with zero attached hydrogens (tertiary/aromatic N) is 1. The number of rotatable bonds is 7. The normalized spacial score (nSPS) is 13.1. The molecule has 0 aliphatic carbocycles. The van der Waals surface area contributed by atoms with Crippen molar-refractivity contribution >= 4 is 10.0 Å². The zero-order valence-corrected chi connectivity index (χ0v) is 11.3. The van der Waals surface area contributed by atoms with Crippen LogP contribution in [-0.4, -0.2) is 44.2 Å². The Bertz CT molecular complexity index is 253. The summed E-state index contributed by atoms with van der Waals surface area (Å²) in [4.78, 5) is 2.26. The first-order chi connectivity index (χ1) is 6.80. The summed E-state index contributed by atoms with van der Waals surface area (Å²) in [6, 6.07) is 0.882. The molecule has 0 aromatic carbocycles. The van der Waals surface area contributed by atoms with E-state index in [9.17, 15) is 8.42 Å². The molecule has 0 rings (SSSR count). The summed E-state index contributed by atoms with van der Waals surface area (Å²) in [5.74, 6) is 0.149. The van der Waals surface area contributed by atoms with Crippen molar-refractivity contribution in [1.82, 2.24) is 9.62 Å². The molecule has 5 heteroatoms. The van der Waals surface area contributed by atoms with Crippen molar-refractivity contribution in [3.8, 4) is 0 Å². The zero-order valence-electron chi connectivity index (χ0n) is 10.4. The Hall–Kier alpha value is -0.130. The maximum absolute atomic E-state index is 11.2. The second kappa shape index (κ2) is 6.45. The Labute approximate surface area is 94.1 Å². The summed E-state index contributed by atoms with van der Waals surface area (Å²) in [5, 5.41) is 0. The molecule has 0 aromatic rings. The first-order valence-corrected chi connectivity index (χ1v) is 7.18. The standard InChI is InChI=1S/C10H24N2O2S/c1-6-15(13,14)11-7-8-12(9(2)3)10(4)5/h9-11H,6-8H2,1-5H3. The van der Waals surface area contributed by atoms with Crippen molar-refractivity contribution in [2.75, 3.05) is 18.8 Å². The van der Waals surface area contributed by atoms with Crippen LogP contribution in [0.5, 0.6) is 0 Å². The van der Waals surface area contributed by atoms with Crippen molar-refractivity contribution in [1.29, 1.82) is 0 Å². The number of hydrogen-bond acceptors (Lipinski definition) is 3. The van der Waals surface area contributed by atoms with Gasteiger partial charge in [-0.3, -0.25) is 4.90 Å². The third kappa shape index (κ3) is 6.12. The van der Waals surface area contributed by atoms with Gasteiger partial charge in [-0.1, -0.05) is 0 Å². The average Bonchev–Trinajstić information content (AvgIpc) is 2.11. The lowest BCUT2D eigenvalue weighted by molar-refractivity contribution is 0.179. The maximum Gasteiger partial charge on any atom is 0.211 e. The minimum absolute atomic E-state index is 0.149. The van der Waals surface area contributed by atoms with E-state index in [0.717, 1.165) is 6.54 Å². The van der Waals surface area contributed by atoms with E-state index in [1.807, 2.05) is 0 Å². The van der Waals surface area contributed by atoms with Gasteiger partial charge in [0, 0.05) is 25.2 Å². The van der Waals surface area contributed by atoms with Crippen molar-refractivity contribution in [3.63, 3.8) is 0 Å². The maximum atomic E-state index is 11.2. The Kier molecular flexibility index (Phi) is 6.40. The zero-order chi connectivity index (χ0) is 12.1. The van der Waals surface area contributed by atoms with Crippen molar-refractivity contribution in [2.45, 2.75) is 46.7 Å². The molecule has 0 bridgehead atoms. The molecule has 4 nitrogen and oxygen atoms in total. The second-order valence-corrected chi connectivity index (χ2v) is 6.32. The fraction of sp³-hybridized carbons (Fsp3) is 1.00. The van der Waals surface area contributed by atoms with Crippen LogP contribution in [0.15, 0.2) is 0 Å². The highest BCUT2D eigenvalue weighted by Gasteiger charge is 2.13.